The Labute approximate surface area is 129 Å². The van der Waals surface area contributed by atoms with Gasteiger partial charge in [0.15, 0.2) is 0 Å². The molecule has 0 radical (unpaired) electrons. The van der Waals surface area contributed by atoms with Gasteiger partial charge < -0.3 is 15.3 Å². The van der Waals surface area contributed by atoms with Crippen LogP contribution in [0.1, 0.15) is 38.7 Å². The topological polar surface area (TPSA) is 48.4 Å². The van der Waals surface area contributed by atoms with Crippen LogP contribution in [0.3, 0.4) is 0 Å². The summed E-state index contributed by atoms with van der Waals surface area (Å²) < 4.78 is 0. The van der Waals surface area contributed by atoms with Gasteiger partial charge in [0.1, 0.15) is 0 Å². The van der Waals surface area contributed by atoms with Crippen LogP contribution in [0.5, 0.6) is 0 Å². The van der Waals surface area contributed by atoms with Gasteiger partial charge in [0.2, 0.25) is 0 Å². The van der Waals surface area contributed by atoms with Gasteiger partial charge in [0.25, 0.3) is 0 Å². The van der Waals surface area contributed by atoms with E-state index < -0.39 is 0 Å². The van der Waals surface area contributed by atoms with E-state index in [0.717, 1.165) is 38.9 Å². The largest absolute Gasteiger partial charge is 0.394 e. The predicted molar refractivity (Wildman–Crippen MR) is 88.5 cm³/mol. The van der Waals surface area contributed by atoms with Crippen molar-refractivity contribution in [1.82, 2.24) is 15.2 Å². The summed E-state index contributed by atoms with van der Waals surface area (Å²) in [7, 11) is 2.18. The number of aliphatic hydroxyl groups excluding tert-OH is 1. The summed E-state index contributed by atoms with van der Waals surface area (Å²) in [6, 6.07) is 4.16. The average molecular weight is 293 g/mol. The van der Waals surface area contributed by atoms with Gasteiger partial charge in [0, 0.05) is 24.5 Å². The van der Waals surface area contributed by atoms with E-state index in [0.29, 0.717) is 0 Å². The van der Waals surface area contributed by atoms with Gasteiger partial charge in [-0.3, -0.25) is 4.98 Å². The van der Waals surface area contributed by atoms with Gasteiger partial charge >= 0.3 is 0 Å². The van der Waals surface area contributed by atoms with Crippen molar-refractivity contribution in [2.75, 3.05) is 33.3 Å². The summed E-state index contributed by atoms with van der Waals surface area (Å²) in [6.07, 6.45) is 8.12. The number of nitrogens with zero attached hydrogens (tertiary/aromatic N) is 2. The van der Waals surface area contributed by atoms with E-state index in [1.807, 2.05) is 12.4 Å². The lowest BCUT2D eigenvalue weighted by atomic mass is 9.95. The molecular weight excluding hydrogens is 262 g/mol. The Bertz CT molecular complexity index is 372. The van der Waals surface area contributed by atoms with E-state index in [1.54, 1.807) is 0 Å². The first kappa shape index (κ1) is 18.1. The highest BCUT2D eigenvalue weighted by Gasteiger charge is 2.20. The predicted octanol–water partition coefficient (Wildman–Crippen LogP) is 2.09. The van der Waals surface area contributed by atoms with Crippen LogP contribution in [0.4, 0.5) is 0 Å². The number of aliphatic hydroxyl groups is 1. The summed E-state index contributed by atoms with van der Waals surface area (Å²) in [5.74, 6) is 0. The van der Waals surface area contributed by atoms with Crippen LogP contribution in [0, 0.1) is 0 Å². The van der Waals surface area contributed by atoms with Gasteiger partial charge in [-0.05, 0) is 64.0 Å². The van der Waals surface area contributed by atoms with Gasteiger partial charge in [-0.25, -0.2) is 0 Å². The number of pyridine rings is 1. The zero-order valence-electron chi connectivity index (χ0n) is 13.8. The van der Waals surface area contributed by atoms with E-state index in [4.69, 9.17) is 0 Å². The Morgan fingerprint density at radius 1 is 1.24 bits per heavy atom. The van der Waals surface area contributed by atoms with Gasteiger partial charge in [-0.1, -0.05) is 13.3 Å². The average Bonchev–Trinajstić information content (AvgIpc) is 2.51. The molecule has 0 bridgehead atoms. The molecule has 0 saturated carbocycles. The molecule has 0 amide bonds. The van der Waals surface area contributed by atoms with Crippen molar-refractivity contribution in [3.05, 3.63) is 30.1 Å². The number of aromatic nitrogens is 1. The number of unbranched alkanes of at least 4 members (excludes halogenated alkanes) is 1. The number of nitrogens with one attached hydrogen (secondary N) is 1. The Balaban J connectivity index is 2.14. The molecule has 120 valence electrons. The van der Waals surface area contributed by atoms with E-state index in [-0.39, 0.29) is 12.1 Å². The maximum absolute atomic E-state index is 9.46. The first-order valence-corrected chi connectivity index (χ1v) is 8.03. The van der Waals surface area contributed by atoms with Gasteiger partial charge in [-0.15, -0.1) is 0 Å². The molecule has 0 saturated heterocycles. The molecule has 21 heavy (non-hydrogen) atoms. The fourth-order valence-corrected chi connectivity index (χ4v) is 2.53. The minimum atomic E-state index is -0.121. The van der Waals surface area contributed by atoms with Crippen LogP contribution < -0.4 is 5.32 Å². The molecule has 0 aromatic carbocycles. The van der Waals surface area contributed by atoms with E-state index in [1.165, 1.54) is 12.0 Å². The number of rotatable bonds is 11. The second-order valence-corrected chi connectivity index (χ2v) is 6.11. The van der Waals surface area contributed by atoms with Crippen molar-refractivity contribution in [2.24, 2.45) is 0 Å². The number of hydrogen-bond donors (Lipinski definition) is 2. The lowest BCUT2D eigenvalue weighted by molar-refractivity contribution is 0.163. The molecule has 1 aromatic heterocycles. The van der Waals surface area contributed by atoms with Gasteiger partial charge in [0.05, 0.1) is 6.61 Å². The SMILES string of the molecule is CCNC(C)(CO)CCCCN(C)CCc1ccncc1. The Kier molecular flexibility index (Phi) is 8.50. The minimum absolute atomic E-state index is 0.121. The van der Waals surface area contributed by atoms with Crippen LogP contribution in [-0.2, 0) is 6.42 Å². The summed E-state index contributed by atoms with van der Waals surface area (Å²) in [5, 5.41) is 12.8. The first-order chi connectivity index (χ1) is 10.1. The van der Waals surface area contributed by atoms with Crippen LogP contribution in [0.2, 0.25) is 0 Å². The normalized spacial score (nSPS) is 14.3. The molecule has 0 aliphatic heterocycles. The fourth-order valence-electron chi connectivity index (χ4n) is 2.53. The molecule has 1 aromatic rings. The molecule has 0 aliphatic rings. The highest BCUT2D eigenvalue weighted by molar-refractivity contribution is 5.09. The maximum Gasteiger partial charge on any atom is 0.0610 e. The molecule has 1 unspecified atom stereocenters. The summed E-state index contributed by atoms with van der Waals surface area (Å²) >= 11 is 0. The highest BCUT2D eigenvalue weighted by atomic mass is 16.3. The van der Waals surface area contributed by atoms with Gasteiger partial charge in [-0.2, -0.15) is 0 Å². The van der Waals surface area contributed by atoms with Crippen LogP contribution >= 0.6 is 0 Å². The summed E-state index contributed by atoms with van der Waals surface area (Å²) in [4.78, 5) is 6.42. The van der Waals surface area contributed by atoms with Crippen molar-refractivity contribution in [2.45, 2.75) is 45.1 Å². The first-order valence-electron chi connectivity index (χ1n) is 8.03. The minimum Gasteiger partial charge on any atom is -0.394 e. The zero-order valence-corrected chi connectivity index (χ0v) is 13.8. The highest BCUT2D eigenvalue weighted by Crippen LogP contribution is 2.13. The number of likely N-dealkylation sites (N-methyl/N-ethyl adjacent to an activating group) is 2. The van der Waals surface area contributed by atoms with E-state index in [9.17, 15) is 5.11 Å². The van der Waals surface area contributed by atoms with Crippen LogP contribution in [-0.4, -0.2) is 53.8 Å². The molecular formula is C17H31N3O. The van der Waals surface area contributed by atoms with E-state index >= 15 is 0 Å². The second-order valence-electron chi connectivity index (χ2n) is 6.11. The maximum atomic E-state index is 9.46. The van der Waals surface area contributed by atoms with Crippen molar-refractivity contribution < 1.29 is 5.11 Å². The molecule has 2 N–H and O–H groups in total. The smallest absolute Gasteiger partial charge is 0.0610 e. The fraction of sp³-hybridized carbons (Fsp3) is 0.706. The van der Waals surface area contributed by atoms with Crippen molar-refractivity contribution >= 4 is 0 Å². The number of hydrogen-bond acceptors (Lipinski definition) is 4. The van der Waals surface area contributed by atoms with Crippen LogP contribution in [0.15, 0.2) is 24.5 Å². The second kappa shape index (κ2) is 9.87. The Morgan fingerprint density at radius 3 is 2.57 bits per heavy atom. The molecule has 1 heterocycles. The Hall–Kier alpha value is -0.970. The lowest BCUT2D eigenvalue weighted by Crippen LogP contribution is -2.45. The molecule has 0 fully saturated rings. The van der Waals surface area contributed by atoms with Crippen LogP contribution in [0.25, 0.3) is 0 Å². The molecule has 4 heteroatoms. The summed E-state index contributed by atoms with van der Waals surface area (Å²) in [6.45, 7) is 7.49. The quantitative estimate of drug-likeness (QED) is 0.613. The molecule has 4 nitrogen and oxygen atoms in total. The van der Waals surface area contributed by atoms with Crippen molar-refractivity contribution in [3.8, 4) is 0 Å². The lowest BCUT2D eigenvalue weighted by Gasteiger charge is -2.28. The molecule has 0 spiro atoms. The third-order valence-electron chi connectivity index (χ3n) is 4.00. The third-order valence-corrected chi connectivity index (χ3v) is 4.00. The zero-order chi connectivity index (χ0) is 15.6. The molecule has 1 rings (SSSR count). The standard InChI is InChI=1S/C17H31N3O/c1-4-19-17(2,15-21)10-5-6-13-20(3)14-9-16-7-11-18-12-8-16/h7-8,11-12,19,21H,4-6,9-10,13-15H2,1-3H3. The molecule has 1 atom stereocenters. The monoisotopic (exact) mass is 293 g/mol. The third kappa shape index (κ3) is 7.55. The van der Waals surface area contributed by atoms with E-state index in [2.05, 4.69) is 48.2 Å². The van der Waals surface area contributed by atoms with Crippen molar-refractivity contribution in [3.63, 3.8) is 0 Å². The Morgan fingerprint density at radius 2 is 1.95 bits per heavy atom. The summed E-state index contributed by atoms with van der Waals surface area (Å²) in [5.41, 5.74) is 1.22. The molecule has 0 aliphatic carbocycles. The van der Waals surface area contributed by atoms with Crippen molar-refractivity contribution in [1.29, 1.82) is 0 Å².